The molecule has 0 radical (unpaired) electrons. The molecule has 0 aliphatic carbocycles. The molecular formula is C18H20Br2N2Ni. The Bertz CT molecular complexity index is 623. The average Bonchev–Trinajstić information content (AvgIpc) is 2.43. The Hall–Kier alpha value is -0.766. The van der Waals surface area contributed by atoms with Gasteiger partial charge in [-0.15, -0.1) is 0 Å². The first-order valence-electron chi connectivity index (χ1n) is 6.79. The van der Waals surface area contributed by atoms with Gasteiger partial charge in [-0.25, -0.2) is 0 Å². The number of halogens is 2. The SMILES string of the molecule is Cc1cccc(C=CN=Nc2cccc(C)c2C)c1C.[Br-].[Br-].[Ni+2]. The third-order valence-corrected chi connectivity index (χ3v) is 3.71. The van der Waals surface area contributed by atoms with E-state index in [4.69, 9.17) is 0 Å². The van der Waals surface area contributed by atoms with Crippen LogP contribution in [-0.2, 0) is 16.5 Å². The first kappa shape index (κ1) is 24.5. The molecule has 0 aromatic heterocycles. The average molecular weight is 483 g/mol. The molecular weight excluding hydrogens is 463 g/mol. The molecule has 0 saturated carbocycles. The molecule has 0 heterocycles. The largest absolute Gasteiger partial charge is 2.00 e. The van der Waals surface area contributed by atoms with E-state index >= 15 is 0 Å². The summed E-state index contributed by atoms with van der Waals surface area (Å²) < 4.78 is 0. The second-order valence-corrected chi connectivity index (χ2v) is 5.04. The zero-order valence-electron chi connectivity index (χ0n) is 13.6. The van der Waals surface area contributed by atoms with Gasteiger partial charge < -0.3 is 34.0 Å². The number of benzene rings is 2. The molecule has 2 aromatic rings. The summed E-state index contributed by atoms with van der Waals surface area (Å²) >= 11 is 0. The van der Waals surface area contributed by atoms with Gasteiger partial charge in [0, 0.05) is 0 Å². The molecule has 0 spiro atoms. The van der Waals surface area contributed by atoms with Crippen LogP contribution in [0.4, 0.5) is 5.69 Å². The Labute approximate surface area is 170 Å². The minimum Gasteiger partial charge on any atom is -1.00 e. The molecule has 23 heavy (non-hydrogen) atoms. The van der Waals surface area contributed by atoms with Gasteiger partial charge in [-0.05, 0) is 67.7 Å². The summed E-state index contributed by atoms with van der Waals surface area (Å²) in [4.78, 5) is 0. The van der Waals surface area contributed by atoms with Crippen molar-refractivity contribution < 1.29 is 50.5 Å². The second kappa shape index (κ2) is 11.7. The van der Waals surface area contributed by atoms with Crippen LogP contribution in [0, 0.1) is 27.7 Å². The smallest absolute Gasteiger partial charge is 1.00 e. The zero-order valence-corrected chi connectivity index (χ0v) is 17.7. The molecule has 0 atom stereocenters. The third-order valence-electron chi connectivity index (χ3n) is 3.71. The first-order valence-corrected chi connectivity index (χ1v) is 6.79. The van der Waals surface area contributed by atoms with Crippen molar-refractivity contribution in [1.29, 1.82) is 0 Å². The quantitative estimate of drug-likeness (QED) is 0.423. The van der Waals surface area contributed by atoms with Gasteiger partial charge in [0.1, 0.15) is 0 Å². The molecule has 5 heteroatoms. The van der Waals surface area contributed by atoms with Crippen molar-refractivity contribution in [3.8, 4) is 0 Å². The predicted molar refractivity (Wildman–Crippen MR) is 85.4 cm³/mol. The van der Waals surface area contributed by atoms with Gasteiger partial charge in [-0.1, -0.05) is 30.3 Å². The van der Waals surface area contributed by atoms with E-state index < -0.39 is 0 Å². The van der Waals surface area contributed by atoms with E-state index in [0.717, 1.165) is 5.69 Å². The summed E-state index contributed by atoms with van der Waals surface area (Å²) in [5, 5.41) is 8.43. The number of azo groups is 1. The monoisotopic (exact) mass is 480 g/mol. The van der Waals surface area contributed by atoms with E-state index in [1.807, 2.05) is 18.2 Å². The number of hydrogen-bond donors (Lipinski definition) is 0. The van der Waals surface area contributed by atoms with Crippen molar-refractivity contribution in [3.05, 3.63) is 70.4 Å². The molecule has 0 aliphatic rings. The predicted octanol–water partition coefficient (Wildman–Crippen LogP) is -0.320. The maximum Gasteiger partial charge on any atom is 2.00 e. The van der Waals surface area contributed by atoms with Gasteiger partial charge >= 0.3 is 16.5 Å². The van der Waals surface area contributed by atoms with Gasteiger partial charge in [-0.2, -0.15) is 10.2 Å². The fourth-order valence-corrected chi connectivity index (χ4v) is 2.01. The van der Waals surface area contributed by atoms with Crippen LogP contribution >= 0.6 is 0 Å². The molecule has 0 saturated heterocycles. The number of aryl methyl sites for hydroxylation is 2. The zero-order chi connectivity index (χ0) is 14.5. The van der Waals surface area contributed by atoms with E-state index in [1.54, 1.807) is 6.20 Å². The van der Waals surface area contributed by atoms with Gasteiger partial charge in [0.05, 0.1) is 11.9 Å². The Morgan fingerprint density at radius 1 is 0.783 bits per heavy atom. The Morgan fingerprint density at radius 2 is 1.35 bits per heavy atom. The van der Waals surface area contributed by atoms with Gasteiger partial charge in [0.15, 0.2) is 0 Å². The summed E-state index contributed by atoms with van der Waals surface area (Å²) in [6.07, 6.45) is 3.75. The van der Waals surface area contributed by atoms with E-state index in [9.17, 15) is 0 Å². The van der Waals surface area contributed by atoms with E-state index in [-0.39, 0.29) is 50.5 Å². The maximum atomic E-state index is 4.27. The Kier molecular flexibility index (Phi) is 12.5. The molecule has 2 rings (SSSR count). The van der Waals surface area contributed by atoms with Crippen LogP contribution in [0.5, 0.6) is 0 Å². The first-order chi connectivity index (χ1) is 9.59. The van der Waals surface area contributed by atoms with Gasteiger partial charge in [0.25, 0.3) is 0 Å². The number of nitrogens with zero attached hydrogens (tertiary/aromatic N) is 2. The van der Waals surface area contributed by atoms with Gasteiger partial charge in [-0.3, -0.25) is 0 Å². The summed E-state index contributed by atoms with van der Waals surface area (Å²) in [6, 6.07) is 12.3. The summed E-state index contributed by atoms with van der Waals surface area (Å²) in [6.45, 7) is 8.39. The van der Waals surface area contributed by atoms with Crippen LogP contribution in [0.2, 0.25) is 0 Å². The van der Waals surface area contributed by atoms with Crippen LogP contribution in [0.15, 0.2) is 52.8 Å². The van der Waals surface area contributed by atoms with Crippen LogP contribution in [0.25, 0.3) is 6.08 Å². The van der Waals surface area contributed by atoms with Crippen molar-refractivity contribution in [1.82, 2.24) is 0 Å². The van der Waals surface area contributed by atoms with Crippen molar-refractivity contribution in [3.63, 3.8) is 0 Å². The fraction of sp³-hybridized carbons (Fsp3) is 0.222. The third kappa shape index (κ3) is 6.70. The van der Waals surface area contributed by atoms with E-state index in [0.29, 0.717) is 0 Å². The summed E-state index contributed by atoms with van der Waals surface area (Å²) in [5.74, 6) is 0. The fourth-order valence-electron chi connectivity index (χ4n) is 2.01. The maximum absolute atomic E-state index is 4.27. The van der Waals surface area contributed by atoms with Crippen LogP contribution in [0.1, 0.15) is 27.8 Å². The van der Waals surface area contributed by atoms with Gasteiger partial charge in [0.2, 0.25) is 0 Å². The molecule has 0 amide bonds. The van der Waals surface area contributed by atoms with Crippen molar-refractivity contribution in [2.45, 2.75) is 27.7 Å². The molecule has 2 nitrogen and oxygen atoms in total. The topological polar surface area (TPSA) is 24.7 Å². The van der Waals surface area contributed by atoms with Crippen LogP contribution in [-0.4, -0.2) is 0 Å². The molecule has 0 bridgehead atoms. The minimum atomic E-state index is 0. The summed E-state index contributed by atoms with van der Waals surface area (Å²) in [5.41, 5.74) is 7.10. The number of rotatable bonds is 3. The van der Waals surface area contributed by atoms with Crippen molar-refractivity contribution >= 4 is 11.8 Å². The Morgan fingerprint density at radius 3 is 2.00 bits per heavy atom. The van der Waals surface area contributed by atoms with Crippen LogP contribution in [0.3, 0.4) is 0 Å². The second-order valence-electron chi connectivity index (χ2n) is 5.04. The standard InChI is InChI=1S/C18H20N2.2BrH.Ni/c1-13-7-5-9-17(15(13)3)11-12-19-20-18-10-6-8-14(2)16(18)4;;;/h5-12H,1-4H3;2*1H;/q;;;+2/p-2. The van der Waals surface area contributed by atoms with E-state index in [2.05, 4.69) is 62.2 Å². The number of hydrogen-bond acceptors (Lipinski definition) is 2. The Balaban J connectivity index is 0. The normalized spacial score (nSPS) is 10.1. The molecule has 0 N–H and O–H groups in total. The van der Waals surface area contributed by atoms with Crippen molar-refractivity contribution in [2.24, 2.45) is 10.2 Å². The molecule has 0 fully saturated rings. The molecule has 2 aromatic carbocycles. The summed E-state index contributed by atoms with van der Waals surface area (Å²) in [7, 11) is 0. The molecule has 126 valence electrons. The molecule has 0 unspecified atom stereocenters. The van der Waals surface area contributed by atoms with Crippen LogP contribution < -0.4 is 34.0 Å². The molecule has 0 aliphatic heterocycles. The minimum absolute atomic E-state index is 0. The van der Waals surface area contributed by atoms with E-state index in [1.165, 1.54) is 27.8 Å². The van der Waals surface area contributed by atoms with Crippen molar-refractivity contribution in [2.75, 3.05) is 0 Å².